The minimum absolute atomic E-state index is 0.260. The quantitative estimate of drug-likeness (QED) is 0.728. The molecule has 2 rings (SSSR count). The SMILES string of the molecule is Cc1ccc(Cl)c(NC(=O)COC(=O)CNC(=O)c2cccs2)c1Cl. The summed E-state index contributed by atoms with van der Waals surface area (Å²) < 4.78 is 4.81. The third kappa shape index (κ3) is 5.45. The first-order chi connectivity index (χ1) is 11.9. The first-order valence-corrected chi connectivity index (χ1v) is 8.74. The van der Waals surface area contributed by atoms with E-state index in [9.17, 15) is 14.4 Å². The number of rotatable bonds is 6. The van der Waals surface area contributed by atoms with Gasteiger partial charge in [0.1, 0.15) is 6.54 Å². The van der Waals surface area contributed by atoms with E-state index in [0.717, 1.165) is 5.56 Å². The van der Waals surface area contributed by atoms with Gasteiger partial charge in [-0.25, -0.2) is 0 Å². The number of amides is 2. The molecular formula is C16H14Cl2N2O4S. The van der Waals surface area contributed by atoms with E-state index in [1.807, 2.05) is 0 Å². The van der Waals surface area contributed by atoms with Crippen LogP contribution < -0.4 is 10.6 Å². The number of thiophene rings is 1. The van der Waals surface area contributed by atoms with Gasteiger partial charge in [-0.3, -0.25) is 14.4 Å². The highest BCUT2D eigenvalue weighted by Gasteiger charge is 2.14. The lowest BCUT2D eigenvalue weighted by Gasteiger charge is -2.11. The standard InChI is InChI=1S/C16H14Cl2N2O4S/c1-9-4-5-10(17)15(14(9)18)20-12(21)8-24-13(22)7-19-16(23)11-3-2-6-25-11/h2-6H,7-8H2,1H3,(H,19,23)(H,20,21). The highest BCUT2D eigenvalue weighted by molar-refractivity contribution is 7.12. The van der Waals surface area contributed by atoms with Crippen LogP contribution in [0.3, 0.4) is 0 Å². The van der Waals surface area contributed by atoms with Gasteiger partial charge in [-0.1, -0.05) is 35.3 Å². The third-order valence-electron chi connectivity index (χ3n) is 3.05. The lowest BCUT2D eigenvalue weighted by molar-refractivity contribution is -0.146. The van der Waals surface area contributed by atoms with Gasteiger partial charge < -0.3 is 15.4 Å². The summed E-state index contributed by atoms with van der Waals surface area (Å²) in [5.74, 6) is -1.71. The molecule has 0 radical (unpaired) electrons. The molecule has 132 valence electrons. The number of hydrogen-bond acceptors (Lipinski definition) is 5. The van der Waals surface area contributed by atoms with Gasteiger partial charge in [0.05, 0.1) is 20.6 Å². The number of esters is 1. The van der Waals surface area contributed by atoms with E-state index in [0.29, 0.717) is 9.90 Å². The Kier molecular flexibility index (Phi) is 6.81. The third-order valence-corrected chi connectivity index (χ3v) is 4.72. The number of ether oxygens (including phenoxy) is 1. The van der Waals surface area contributed by atoms with Gasteiger partial charge in [0, 0.05) is 0 Å². The van der Waals surface area contributed by atoms with E-state index in [4.69, 9.17) is 27.9 Å². The van der Waals surface area contributed by atoms with E-state index < -0.39 is 18.5 Å². The van der Waals surface area contributed by atoms with Crippen molar-refractivity contribution in [3.05, 3.63) is 50.1 Å². The topological polar surface area (TPSA) is 84.5 Å². The lowest BCUT2D eigenvalue weighted by Crippen LogP contribution is -2.31. The molecule has 6 nitrogen and oxygen atoms in total. The Hall–Kier alpha value is -2.09. The van der Waals surface area contributed by atoms with Crippen molar-refractivity contribution in [2.75, 3.05) is 18.5 Å². The van der Waals surface area contributed by atoms with E-state index in [2.05, 4.69) is 10.6 Å². The molecular weight excluding hydrogens is 387 g/mol. The summed E-state index contributed by atoms with van der Waals surface area (Å²) in [4.78, 5) is 35.6. The maximum Gasteiger partial charge on any atom is 0.325 e. The van der Waals surface area contributed by atoms with Gasteiger partial charge in [-0.15, -0.1) is 11.3 Å². The van der Waals surface area contributed by atoms with Crippen molar-refractivity contribution in [1.29, 1.82) is 0 Å². The predicted octanol–water partition coefficient (Wildman–Crippen LogP) is 3.28. The summed E-state index contributed by atoms with van der Waals surface area (Å²) in [7, 11) is 0. The molecule has 0 aliphatic heterocycles. The van der Waals surface area contributed by atoms with Gasteiger partial charge in [-0.2, -0.15) is 0 Å². The van der Waals surface area contributed by atoms with Crippen LogP contribution in [0, 0.1) is 6.92 Å². The molecule has 0 spiro atoms. The van der Waals surface area contributed by atoms with Gasteiger partial charge in [0.2, 0.25) is 0 Å². The Labute approximate surface area is 158 Å². The molecule has 0 atom stereocenters. The fraction of sp³-hybridized carbons (Fsp3) is 0.188. The largest absolute Gasteiger partial charge is 0.454 e. The Balaban J connectivity index is 1.79. The molecule has 0 saturated heterocycles. The zero-order valence-electron chi connectivity index (χ0n) is 13.1. The fourth-order valence-corrected chi connectivity index (χ4v) is 2.90. The van der Waals surface area contributed by atoms with E-state index in [-0.39, 0.29) is 23.2 Å². The fourth-order valence-electron chi connectivity index (χ4n) is 1.79. The molecule has 2 aromatic rings. The van der Waals surface area contributed by atoms with Crippen molar-refractivity contribution in [3.8, 4) is 0 Å². The zero-order chi connectivity index (χ0) is 18.4. The second-order valence-corrected chi connectivity index (χ2v) is 6.65. The molecule has 2 amide bonds. The highest BCUT2D eigenvalue weighted by Crippen LogP contribution is 2.32. The van der Waals surface area contributed by atoms with Crippen LogP contribution in [0.15, 0.2) is 29.6 Å². The van der Waals surface area contributed by atoms with Gasteiger partial charge in [0.15, 0.2) is 6.61 Å². The molecule has 0 aliphatic rings. The molecule has 25 heavy (non-hydrogen) atoms. The van der Waals surface area contributed by atoms with Crippen molar-refractivity contribution >= 4 is 58.0 Å². The molecule has 0 fully saturated rings. The summed E-state index contributed by atoms with van der Waals surface area (Å²) in [5, 5.41) is 7.24. The molecule has 1 aromatic heterocycles. The van der Waals surface area contributed by atoms with Crippen LogP contribution in [0.1, 0.15) is 15.2 Å². The molecule has 0 bridgehead atoms. The van der Waals surface area contributed by atoms with Crippen molar-refractivity contribution < 1.29 is 19.1 Å². The summed E-state index contributed by atoms with van der Waals surface area (Å²) in [6.45, 7) is 0.912. The minimum Gasteiger partial charge on any atom is -0.454 e. The smallest absolute Gasteiger partial charge is 0.325 e. The summed E-state index contributed by atoms with van der Waals surface area (Å²) in [5.41, 5.74) is 1.00. The Morgan fingerprint density at radius 2 is 1.96 bits per heavy atom. The second kappa shape index (κ2) is 8.84. The number of anilines is 1. The van der Waals surface area contributed by atoms with Crippen molar-refractivity contribution in [2.45, 2.75) is 6.92 Å². The number of nitrogens with one attached hydrogen (secondary N) is 2. The first-order valence-electron chi connectivity index (χ1n) is 7.10. The van der Waals surface area contributed by atoms with Gasteiger partial charge in [-0.05, 0) is 30.0 Å². The van der Waals surface area contributed by atoms with Crippen LogP contribution in [0.4, 0.5) is 5.69 Å². The predicted molar refractivity (Wildman–Crippen MR) is 97.4 cm³/mol. The number of aryl methyl sites for hydroxylation is 1. The Morgan fingerprint density at radius 1 is 1.20 bits per heavy atom. The van der Waals surface area contributed by atoms with Crippen LogP contribution in [-0.2, 0) is 14.3 Å². The molecule has 1 aromatic carbocycles. The van der Waals surface area contributed by atoms with Crippen molar-refractivity contribution in [3.63, 3.8) is 0 Å². The Morgan fingerprint density at radius 3 is 2.64 bits per heavy atom. The molecule has 9 heteroatoms. The monoisotopic (exact) mass is 400 g/mol. The molecule has 1 heterocycles. The molecule has 0 unspecified atom stereocenters. The zero-order valence-corrected chi connectivity index (χ0v) is 15.4. The number of benzene rings is 1. The van der Waals surface area contributed by atoms with E-state index in [1.165, 1.54) is 11.3 Å². The Bertz CT molecular complexity index is 794. The van der Waals surface area contributed by atoms with Gasteiger partial charge in [0.25, 0.3) is 11.8 Å². The number of carbonyl (C=O) groups excluding carboxylic acids is 3. The molecule has 0 aliphatic carbocycles. The second-order valence-electron chi connectivity index (χ2n) is 4.92. The number of carbonyl (C=O) groups is 3. The van der Waals surface area contributed by atoms with Crippen molar-refractivity contribution in [2.24, 2.45) is 0 Å². The number of hydrogen-bond donors (Lipinski definition) is 2. The maximum atomic E-state index is 11.9. The first kappa shape index (κ1) is 19.2. The summed E-state index contributed by atoms with van der Waals surface area (Å²) in [6.07, 6.45) is 0. The average Bonchev–Trinajstić information content (AvgIpc) is 3.13. The number of halogens is 2. The van der Waals surface area contributed by atoms with Crippen LogP contribution in [0.25, 0.3) is 0 Å². The maximum absolute atomic E-state index is 11.9. The average molecular weight is 401 g/mol. The summed E-state index contributed by atoms with van der Waals surface area (Å²) in [6, 6.07) is 6.68. The minimum atomic E-state index is -0.735. The molecule has 0 saturated carbocycles. The van der Waals surface area contributed by atoms with Crippen LogP contribution in [0.5, 0.6) is 0 Å². The molecule has 2 N–H and O–H groups in total. The normalized spacial score (nSPS) is 10.2. The van der Waals surface area contributed by atoms with Crippen LogP contribution in [0.2, 0.25) is 10.0 Å². The van der Waals surface area contributed by atoms with E-state index >= 15 is 0 Å². The highest BCUT2D eigenvalue weighted by atomic mass is 35.5. The van der Waals surface area contributed by atoms with Gasteiger partial charge >= 0.3 is 5.97 Å². The van der Waals surface area contributed by atoms with Crippen LogP contribution >= 0.6 is 34.5 Å². The van der Waals surface area contributed by atoms with Crippen LogP contribution in [-0.4, -0.2) is 30.9 Å². The summed E-state index contributed by atoms with van der Waals surface area (Å²) >= 11 is 13.3. The van der Waals surface area contributed by atoms with E-state index in [1.54, 1.807) is 36.6 Å². The lowest BCUT2D eigenvalue weighted by atomic mass is 10.2. The van der Waals surface area contributed by atoms with Crippen molar-refractivity contribution in [1.82, 2.24) is 5.32 Å².